The maximum atomic E-state index is 9.51. The van der Waals surface area contributed by atoms with E-state index in [0.29, 0.717) is 28.3 Å². The number of aromatic nitrogens is 3. The Morgan fingerprint density at radius 3 is 1.84 bits per heavy atom. The average Bonchev–Trinajstić information content (AvgIpc) is 1.52. The van der Waals surface area contributed by atoms with Gasteiger partial charge in [0.15, 0.2) is 0 Å². The molecule has 8 heteroatoms. The van der Waals surface area contributed by atoms with E-state index < -0.39 is 57.3 Å². The van der Waals surface area contributed by atoms with Crippen molar-refractivity contribution in [2.24, 2.45) is 0 Å². The first-order valence-electron chi connectivity index (χ1n) is 31.3. The van der Waals surface area contributed by atoms with E-state index in [0.717, 1.165) is 53.9 Å². The fraction of sp³-hybridized carbons (Fsp3) is 0.0435. The van der Waals surface area contributed by atoms with Gasteiger partial charge < -0.3 is 0 Å². The number of benzene rings is 10. The molecule has 2 aromatic heterocycles. The summed E-state index contributed by atoms with van der Waals surface area (Å²) in [4.78, 5) is 8.61. The molecular weight excluding hydrogens is 1120 g/mol. The van der Waals surface area contributed by atoms with Gasteiger partial charge in [-0.2, -0.15) is 12.1 Å². The number of hydrogen-bond donors (Lipinski definition) is 0. The van der Waals surface area contributed by atoms with E-state index in [9.17, 15) is 6.85 Å². The quantitative estimate of drug-likeness (QED) is 0.0956. The van der Waals surface area contributed by atoms with Crippen LogP contribution in [0.25, 0.3) is 66.9 Å². The zero-order valence-corrected chi connectivity index (χ0v) is 43.2. The van der Waals surface area contributed by atoms with Crippen molar-refractivity contribution in [3.8, 4) is 67.5 Å². The third-order valence-electron chi connectivity index (χ3n) is 13.7. The Morgan fingerprint density at radius 2 is 1.16 bits per heavy atom. The number of rotatable bonds is 11. The Bertz CT molecular complexity index is 4760. The van der Waals surface area contributed by atoms with Gasteiger partial charge in [0, 0.05) is 9.80 Å². The molecule has 1 aliphatic heterocycles. The molecule has 1 aliphatic rings. The van der Waals surface area contributed by atoms with Crippen molar-refractivity contribution in [1.82, 2.24) is 14.1 Å². The van der Waals surface area contributed by atoms with Crippen LogP contribution in [0, 0.1) is 36.5 Å². The molecule has 10 aromatic carbocycles. The minimum absolute atomic E-state index is 0.0276. The summed E-state index contributed by atoms with van der Waals surface area (Å²) < 4.78 is 126. The second-order valence-electron chi connectivity index (χ2n) is 18.3. The van der Waals surface area contributed by atoms with Crippen molar-refractivity contribution in [2.75, 3.05) is 9.62 Å². The van der Waals surface area contributed by atoms with Crippen LogP contribution in [0.1, 0.15) is 34.5 Å². The van der Waals surface area contributed by atoms with Crippen LogP contribution in [0.15, 0.2) is 249 Å². The minimum Gasteiger partial charge on any atom is -0.175 e. The molecule has 0 unspecified atom stereocenters. The van der Waals surface area contributed by atoms with Crippen LogP contribution < -0.4 is 19.8 Å². The molecule has 372 valence electrons. The van der Waals surface area contributed by atoms with Gasteiger partial charge in [-0.15, -0.1) is 6.07 Å². The van der Waals surface area contributed by atoms with E-state index in [1.54, 1.807) is 101 Å². The van der Waals surface area contributed by atoms with Gasteiger partial charge in [0.05, 0.1) is 5.48 Å². The summed E-state index contributed by atoms with van der Waals surface area (Å²) in [6.45, 7) is -9.47. The molecule has 3 heterocycles. The van der Waals surface area contributed by atoms with E-state index in [2.05, 4.69) is 78.5 Å². The van der Waals surface area contributed by atoms with E-state index >= 15 is 0 Å². The fourth-order valence-electron chi connectivity index (χ4n) is 10.2. The standard InChI is InChI=1S/C69H50BN5O.Pt/c1-48-33-37-53(38-34-48)60-27-18-28-61(54-41-39-52(40-42-54)51-19-7-4-8-20-51)68(60)73-47-72(62-29-13-14-30-63(62)73)58-25-17-26-59(46-58)76-69-67(55-21-9-5-10-22-55)50(3)45-66(71-69)75-65-32-16-15-31-64(65)74(57-23-11-6-12-24-57)70(75)56-43-35-49(2)36-44-56;/h4-31,33-45H,1-3H3;/q-2;/i1D3,2D3,3D3,35D,36D,43D,44D;. The molecule has 6 nitrogen and oxygen atoms in total. The van der Waals surface area contributed by atoms with Gasteiger partial charge in [-0.25, -0.2) is 0 Å². The number of aryl methyl sites for hydroxylation is 2. The topological polar surface area (TPSA) is 38.5 Å². The van der Waals surface area contributed by atoms with E-state index in [4.69, 9.17) is 20.7 Å². The summed E-state index contributed by atoms with van der Waals surface area (Å²) in [6, 6.07) is 73.6. The monoisotopic (exact) mass is 1180 g/mol. The van der Waals surface area contributed by atoms with Gasteiger partial charge in [-0.3, -0.25) is 0 Å². The third-order valence-corrected chi connectivity index (χ3v) is 14.7. The zero-order valence-electron chi connectivity index (χ0n) is 53.9. The van der Waals surface area contributed by atoms with Crippen LogP contribution in [0.2, 0.25) is 0 Å². The molecule has 0 spiro atoms. The molecule has 0 radical (unpaired) electrons. The molecule has 0 bridgehead atoms. The number of para-hydroxylation sites is 5. The predicted octanol–water partition coefficient (Wildman–Crippen LogP) is 16.6. The molecule has 0 amide bonds. The minimum atomic E-state index is -2.99. The Labute approximate surface area is 479 Å². The first kappa shape index (κ1) is 35.3. The van der Waals surface area contributed by atoms with Crippen molar-refractivity contribution in [3.63, 3.8) is 0 Å². The Hall–Kier alpha value is -9.03. The van der Waals surface area contributed by atoms with Crippen molar-refractivity contribution in [1.29, 1.82) is 0 Å². The number of fused-ring (bicyclic) bond motifs is 2. The molecule has 13 rings (SSSR count). The smallest absolute Gasteiger partial charge is 0.175 e. The fourth-order valence-corrected chi connectivity index (χ4v) is 11.3. The first-order chi connectivity index (χ1) is 43.2. The predicted molar refractivity (Wildman–Crippen MR) is 313 cm³/mol. The van der Waals surface area contributed by atoms with Crippen LogP contribution in [0.4, 0.5) is 22.9 Å². The normalized spacial score (nSPS) is 15.0. The third kappa shape index (κ3) is 8.83. The number of ether oxygens (including phenoxy) is 1. The van der Waals surface area contributed by atoms with E-state index in [-0.39, 0.29) is 39.6 Å². The van der Waals surface area contributed by atoms with Crippen LogP contribution in [0.3, 0.4) is 0 Å². The molecule has 12 aromatic rings. The van der Waals surface area contributed by atoms with Crippen LogP contribution in [-0.4, -0.2) is 21.1 Å². The molecule has 0 fully saturated rings. The van der Waals surface area contributed by atoms with Gasteiger partial charge >= 0.3 is 381 Å². The molecule has 0 aliphatic carbocycles. The molecular formula is C69H50BN5OPt-2. The second-order valence-corrected chi connectivity index (χ2v) is 19.4. The number of anilines is 4. The zero-order chi connectivity index (χ0) is 63.0. The van der Waals surface area contributed by atoms with Gasteiger partial charge in [0.1, 0.15) is 0 Å². The van der Waals surface area contributed by atoms with Crippen molar-refractivity contribution in [2.45, 2.75) is 20.6 Å². The summed E-state index contributed by atoms with van der Waals surface area (Å²) in [5.74, 6) is -0.0235. The Kier molecular flexibility index (Phi) is 9.28. The number of hydrogen-bond acceptors (Lipinski definition) is 4. The van der Waals surface area contributed by atoms with Gasteiger partial charge in [0.2, 0.25) is 0 Å². The first-order valence-corrected chi connectivity index (χ1v) is 26.0. The van der Waals surface area contributed by atoms with Gasteiger partial charge in [-0.05, 0) is 19.0 Å². The number of imidazole rings is 1. The molecule has 0 N–H and O–H groups in total. The summed E-state index contributed by atoms with van der Waals surface area (Å²) >= 11 is 2.32. The summed E-state index contributed by atoms with van der Waals surface area (Å²) in [5.41, 5.74) is 9.72. The van der Waals surface area contributed by atoms with Crippen LogP contribution >= 0.6 is 0 Å². The maximum absolute atomic E-state index is 9.51. The van der Waals surface area contributed by atoms with Crippen molar-refractivity contribution >= 4 is 46.4 Å². The molecule has 0 saturated carbocycles. The van der Waals surface area contributed by atoms with E-state index in [1.165, 1.54) is 6.07 Å². The SMILES string of the molecule is [2H]c1c([2H])c(C([2H])([2H])[2H])c([2H])c([2H])c1B1N(c2cc(C([2H])([2H])[2H])c(-c3ccccc3)c(Oc3[c-]c(-n4[c](=[Pt])n(-c5c(-c6ccc(-c7ccccc7)cc6)cccc5-c5ccc(C([2H])([2H])[2H])cc5)c5ccccc54)ccc3)n2)c2[c-]cccc2N1c1ccccc1. The van der Waals surface area contributed by atoms with Crippen molar-refractivity contribution < 1.29 is 41.9 Å². The van der Waals surface area contributed by atoms with Gasteiger partial charge in [-0.1, -0.05) is 47.9 Å². The second kappa shape index (κ2) is 20.3. The van der Waals surface area contributed by atoms with Gasteiger partial charge in [0.25, 0.3) is 0 Å². The Morgan fingerprint density at radius 1 is 0.545 bits per heavy atom. The summed E-state index contributed by atoms with van der Waals surface area (Å²) in [5, 5.41) is 0. The van der Waals surface area contributed by atoms with Crippen LogP contribution in [-0.2, 0) is 19.4 Å². The number of nitrogens with zero attached hydrogens (tertiary/aromatic N) is 5. The van der Waals surface area contributed by atoms with Crippen LogP contribution in [0.5, 0.6) is 11.6 Å². The van der Waals surface area contributed by atoms with E-state index in [1.807, 2.05) is 89.5 Å². The molecule has 0 atom stereocenters. The average molecular weight is 1180 g/mol. The molecule has 77 heavy (non-hydrogen) atoms. The summed E-state index contributed by atoms with van der Waals surface area (Å²) in [6.07, 6.45) is 0. The number of pyridine rings is 1. The summed E-state index contributed by atoms with van der Waals surface area (Å²) in [7, 11) is 0. The Balaban J connectivity index is 1.00. The molecule has 0 saturated heterocycles. The van der Waals surface area contributed by atoms with Crippen molar-refractivity contribution in [3.05, 3.63) is 281 Å².